The number of nitrogens with one attached hydrogen (secondary N) is 1. The lowest BCUT2D eigenvalue weighted by molar-refractivity contribution is -0.132. The normalized spacial score (nSPS) is 18.9. The molecule has 2 heterocycles. The highest BCUT2D eigenvalue weighted by molar-refractivity contribution is 5.93. The summed E-state index contributed by atoms with van der Waals surface area (Å²) < 4.78 is 10.3. The van der Waals surface area contributed by atoms with Gasteiger partial charge in [0.25, 0.3) is 0 Å². The van der Waals surface area contributed by atoms with Crippen LogP contribution in [0.15, 0.2) is 27.4 Å². The number of carbonyl (C=O) groups excluding carboxylic acids is 2. The number of ether oxygens (including phenoxy) is 1. The average Bonchev–Trinajstić information content (AvgIpc) is 2.84. The number of nitrogens with zero attached hydrogens (tertiary/aromatic N) is 1. The van der Waals surface area contributed by atoms with Crippen molar-refractivity contribution in [2.75, 3.05) is 6.54 Å². The highest BCUT2D eigenvalue weighted by Crippen LogP contribution is 2.31. The summed E-state index contributed by atoms with van der Waals surface area (Å²) >= 11 is 0. The Bertz CT molecular complexity index is 843. The molecule has 1 N–H and O–H groups in total. The number of likely N-dealkylation sites (tertiary alicyclic amines) is 1. The molecule has 1 aliphatic rings. The second kappa shape index (κ2) is 5.81. The van der Waals surface area contributed by atoms with Crippen molar-refractivity contribution in [2.45, 2.75) is 45.1 Å². The first-order chi connectivity index (χ1) is 11.2. The lowest BCUT2D eigenvalue weighted by Crippen LogP contribution is -2.44. The fourth-order valence-electron chi connectivity index (χ4n) is 2.84. The third-order valence-corrected chi connectivity index (χ3v) is 3.95. The Labute approximate surface area is 138 Å². The number of hydrogen-bond acceptors (Lipinski definition) is 5. The van der Waals surface area contributed by atoms with Gasteiger partial charge in [-0.2, -0.15) is 0 Å². The molecule has 1 atom stereocenters. The summed E-state index contributed by atoms with van der Waals surface area (Å²) in [4.78, 5) is 39.4. The van der Waals surface area contributed by atoms with Crippen LogP contribution in [0.2, 0.25) is 0 Å². The molecule has 3 rings (SSSR count). The zero-order valence-electron chi connectivity index (χ0n) is 13.9. The maximum atomic E-state index is 12.3. The summed E-state index contributed by atoms with van der Waals surface area (Å²) in [6.07, 6.45) is 0.267. The average molecular weight is 332 g/mol. The van der Waals surface area contributed by atoms with E-state index in [0.717, 1.165) is 10.5 Å². The maximum Gasteiger partial charge on any atom is 0.417 e. The first-order valence-electron chi connectivity index (χ1n) is 7.89. The Balaban J connectivity index is 1.73. The molecule has 0 saturated carbocycles. The molecule has 128 valence electrons. The van der Waals surface area contributed by atoms with Gasteiger partial charge in [0.2, 0.25) is 5.91 Å². The minimum Gasteiger partial charge on any atom is -0.443 e. The van der Waals surface area contributed by atoms with Gasteiger partial charge >= 0.3 is 11.8 Å². The SMILES string of the molecule is CC(C)(C)OC(=O)N1CCC(c2ccc3[nH]c(=O)oc3c2)CC1=O. The van der Waals surface area contributed by atoms with Crippen LogP contribution in [0.25, 0.3) is 11.1 Å². The van der Waals surface area contributed by atoms with Crippen LogP contribution in [0.5, 0.6) is 0 Å². The summed E-state index contributed by atoms with van der Waals surface area (Å²) in [6.45, 7) is 5.61. The van der Waals surface area contributed by atoms with Crippen molar-refractivity contribution in [3.63, 3.8) is 0 Å². The summed E-state index contributed by atoms with van der Waals surface area (Å²) in [5.41, 5.74) is 1.38. The maximum absolute atomic E-state index is 12.3. The molecule has 7 nitrogen and oxygen atoms in total. The van der Waals surface area contributed by atoms with Gasteiger partial charge in [0.1, 0.15) is 5.60 Å². The fourth-order valence-corrected chi connectivity index (χ4v) is 2.84. The van der Waals surface area contributed by atoms with E-state index in [2.05, 4.69) is 4.98 Å². The van der Waals surface area contributed by atoms with Crippen LogP contribution in [-0.4, -0.2) is 34.0 Å². The number of aromatic nitrogens is 1. The van der Waals surface area contributed by atoms with Crippen molar-refractivity contribution >= 4 is 23.1 Å². The standard InChI is InChI=1S/C17H20N2O5/c1-17(2,3)24-16(22)19-7-6-11(9-14(19)20)10-4-5-12-13(8-10)23-15(21)18-12/h4-5,8,11H,6-7,9H2,1-3H3,(H,18,21). The minimum atomic E-state index is -0.634. The number of oxazole rings is 1. The number of hydrogen-bond donors (Lipinski definition) is 1. The lowest BCUT2D eigenvalue weighted by atomic mass is 9.89. The molecule has 2 amide bonds. The second-order valence-electron chi connectivity index (χ2n) is 6.99. The van der Waals surface area contributed by atoms with E-state index in [1.807, 2.05) is 6.07 Å². The number of benzene rings is 1. The van der Waals surface area contributed by atoms with Gasteiger partial charge in [-0.15, -0.1) is 0 Å². The number of amides is 2. The molecule has 0 spiro atoms. The summed E-state index contributed by atoms with van der Waals surface area (Å²) in [6, 6.07) is 5.41. The second-order valence-corrected chi connectivity index (χ2v) is 6.99. The van der Waals surface area contributed by atoms with Crippen molar-refractivity contribution in [1.29, 1.82) is 0 Å². The zero-order valence-corrected chi connectivity index (χ0v) is 13.9. The van der Waals surface area contributed by atoms with Crippen molar-refractivity contribution in [2.24, 2.45) is 0 Å². The number of rotatable bonds is 1. The molecule has 0 radical (unpaired) electrons. The topological polar surface area (TPSA) is 92.6 Å². The van der Waals surface area contributed by atoms with Crippen LogP contribution >= 0.6 is 0 Å². The van der Waals surface area contributed by atoms with Gasteiger partial charge < -0.3 is 9.15 Å². The monoisotopic (exact) mass is 332 g/mol. The van der Waals surface area contributed by atoms with Gasteiger partial charge in [0.15, 0.2) is 5.58 Å². The summed E-state index contributed by atoms with van der Waals surface area (Å²) in [5.74, 6) is -0.769. The van der Waals surface area contributed by atoms with Crippen LogP contribution < -0.4 is 5.76 Å². The zero-order chi connectivity index (χ0) is 17.5. The van der Waals surface area contributed by atoms with E-state index >= 15 is 0 Å². The van der Waals surface area contributed by atoms with Gasteiger partial charge in [-0.3, -0.25) is 9.78 Å². The van der Waals surface area contributed by atoms with Crippen molar-refractivity contribution in [1.82, 2.24) is 9.88 Å². The van der Waals surface area contributed by atoms with Gasteiger partial charge in [-0.1, -0.05) is 6.07 Å². The van der Waals surface area contributed by atoms with Crippen molar-refractivity contribution < 1.29 is 18.7 Å². The van der Waals surface area contributed by atoms with Gasteiger partial charge in [-0.05, 0) is 50.8 Å². The van der Waals surface area contributed by atoms with Gasteiger partial charge in [-0.25, -0.2) is 14.5 Å². The lowest BCUT2D eigenvalue weighted by Gasteiger charge is -2.32. The van der Waals surface area contributed by atoms with E-state index in [9.17, 15) is 14.4 Å². The van der Waals surface area contributed by atoms with E-state index < -0.39 is 17.5 Å². The fraction of sp³-hybridized carbons (Fsp3) is 0.471. The highest BCUT2D eigenvalue weighted by Gasteiger charge is 2.33. The number of carbonyl (C=O) groups is 2. The Morgan fingerprint density at radius 1 is 1.33 bits per heavy atom. The van der Waals surface area contributed by atoms with Gasteiger partial charge in [0.05, 0.1) is 5.52 Å². The van der Waals surface area contributed by atoms with Crippen molar-refractivity contribution in [3.8, 4) is 0 Å². The first kappa shape index (κ1) is 16.3. The molecule has 1 aromatic carbocycles. The number of fused-ring (bicyclic) bond motifs is 1. The molecule has 0 aliphatic carbocycles. The van der Waals surface area contributed by atoms with E-state index in [1.54, 1.807) is 32.9 Å². The quantitative estimate of drug-likeness (QED) is 0.867. The van der Waals surface area contributed by atoms with Crippen LogP contribution in [0, 0.1) is 0 Å². The smallest absolute Gasteiger partial charge is 0.417 e. The van der Waals surface area contributed by atoms with E-state index in [-0.39, 0.29) is 18.2 Å². The van der Waals surface area contributed by atoms with E-state index in [0.29, 0.717) is 24.1 Å². The molecule has 1 unspecified atom stereocenters. The Kier molecular flexibility index (Phi) is 3.95. The number of aromatic amines is 1. The molecule has 1 aliphatic heterocycles. The molecule has 1 fully saturated rings. The van der Waals surface area contributed by atoms with E-state index in [1.165, 1.54) is 0 Å². The molecule has 0 bridgehead atoms. The predicted molar refractivity (Wildman–Crippen MR) is 86.8 cm³/mol. The summed E-state index contributed by atoms with van der Waals surface area (Å²) in [7, 11) is 0. The highest BCUT2D eigenvalue weighted by atomic mass is 16.6. The molecule has 2 aromatic rings. The molecule has 24 heavy (non-hydrogen) atoms. The third-order valence-electron chi connectivity index (χ3n) is 3.95. The predicted octanol–water partition coefficient (Wildman–Crippen LogP) is 2.76. The van der Waals surface area contributed by atoms with E-state index in [4.69, 9.17) is 9.15 Å². The number of imide groups is 1. The largest absolute Gasteiger partial charge is 0.443 e. The Hall–Kier alpha value is -2.57. The number of piperidine rings is 1. The summed E-state index contributed by atoms with van der Waals surface area (Å²) in [5, 5.41) is 0. The van der Waals surface area contributed by atoms with Crippen molar-refractivity contribution in [3.05, 3.63) is 34.3 Å². The molecular weight excluding hydrogens is 312 g/mol. The molecule has 1 aromatic heterocycles. The molecular formula is C17H20N2O5. The van der Waals surface area contributed by atoms with Crippen LogP contribution in [-0.2, 0) is 9.53 Å². The van der Waals surface area contributed by atoms with Crippen LogP contribution in [0.1, 0.15) is 45.1 Å². The Morgan fingerprint density at radius 3 is 2.75 bits per heavy atom. The van der Waals surface area contributed by atoms with Gasteiger partial charge in [0, 0.05) is 13.0 Å². The molecule has 1 saturated heterocycles. The minimum absolute atomic E-state index is 0.0132. The third kappa shape index (κ3) is 3.34. The van der Waals surface area contributed by atoms with Crippen LogP contribution in [0.4, 0.5) is 4.79 Å². The van der Waals surface area contributed by atoms with Crippen LogP contribution in [0.3, 0.4) is 0 Å². The Morgan fingerprint density at radius 2 is 2.08 bits per heavy atom. The molecule has 7 heteroatoms. The first-order valence-corrected chi connectivity index (χ1v) is 7.89. The number of H-pyrrole nitrogens is 1.